The molecular formula is C23H25N3O2S2. The average molecular weight is 440 g/mol. The Morgan fingerprint density at radius 2 is 2.07 bits per heavy atom. The van der Waals surface area contributed by atoms with E-state index in [0.29, 0.717) is 17.8 Å². The fourth-order valence-electron chi connectivity index (χ4n) is 4.26. The van der Waals surface area contributed by atoms with Gasteiger partial charge in [-0.2, -0.15) is 0 Å². The third kappa shape index (κ3) is 3.84. The number of thiophene rings is 1. The monoisotopic (exact) mass is 439 g/mol. The van der Waals surface area contributed by atoms with Crippen LogP contribution in [0.5, 0.6) is 0 Å². The van der Waals surface area contributed by atoms with Gasteiger partial charge in [0.25, 0.3) is 5.91 Å². The van der Waals surface area contributed by atoms with Gasteiger partial charge < -0.3 is 10.6 Å². The zero-order valence-electron chi connectivity index (χ0n) is 17.6. The molecule has 2 aromatic rings. The van der Waals surface area contributed by atoms with E-state index >= 15 is 0 Å². The number of rotatable bonds is 4. The van der Waals surface area contributed by atoms with E-state index in [1.54, 1.807) is 29.3 Å². The fourth-order valence-corrected chi connectivity index (χ4v) is 6.17. The number of amides is 1. The maximum absolute atomic E-state index is 13.5. The predicted molar refractivity (Wildman–Crippen MR) is 123 cm³/mol. The van der Waals surface area contributed by atoms with Crippen molar-refractivity contribution in [1.82, 2.24) is 10.3 Å². The Morgan fingerprint density at radius 1 is 1.27 bits per heavy atom. The minimum atomic E-state index is -0.355. The molecule has 1 atom stereocenters. The molecule has 2 aromatic heterocycles. The van der Waals surface area contributed by atoms with E-state index in [9.17, 15) is 9.59 Å². The zero-order valence-corrected chi connectivity index (χ0v) is 19.2. The second-order valence-electron chi connectivity index (χ2n) is 7.74. The number of nitrogens with zero attached hydrogens (tertiary/aromatic N) is 1. The van der Waals surface area contributed by atoms with Crippen LogP contribution < -0.4 is 10.6 Å². The number of carbonyl (C=O) groups is 2. The number of thioether (sulfide) groups is 1. The number of nitrogens with one attached hydrogen (secondary N) is 2. The molecule has 30 heavy (non-hydrogen) atoms. The summed E-state index contributed by atoms with van der Waals surface area (Å²) in [4.78, 5) is 32.0. The summed E-state index contributed by atoms with van der Waals surface area (Å²) in [5.41, 5.74) is 5.19. The van der Waals surface area contributed by atoms with Crippen LogP contribution in [0.25, 0.3) is 0 Å². The van der Waals surface area contributed by atoms with Crippen LogP contribution in [0.2, 0.25) is 0 Å². The minimum Gasteiger partial charge on any atom is -0.362 e. The summed E-state index contributed by atoms with van der Waals surface area (Å²) in [5.74, 6) is 0.0757. The second kappa shape index (κ2) is 8.40. The van der Waals surface area contributed by atoms with Crippen molar-refractivity contribution in [3.05, 3.63) is 62.9 Å². The van der Waals surface area contributed by atoms with Gasteiger partial charge in [0.2, 0.25) is 0 Å². The first-order valence-electron chi connectivity index (χ1n) is 10.0. The van der Waals surface area contributed by atoms with Crippen LogP contribution in [-0.2, 0) is 9.59 Å². The number of hydrogen-bond donors (Lipinski definition) is 2. The molecule has 0 fully saturated rings. The number of dihydropyridines is 1. The van der Waals surface area contributed by atoms with Gasteiger partial charge in [-0.15, -0.1) is 23.1 Å². The second-order valence-corrected chi connectivity index (χ2v) is 10.1. The summed E-state index contributed by atoms with van der Waals surface area (Å²) in [5, 5.41) is 6.33. The van der Waals surface area contributed by atoms with Crippen LogP contribution in [0.4, 0.5) is 5.82 Å². The molecule has 0 bridgehead atoms. The number of pyridine rings is 1. The molecule has 5 nitrogen and oxygen atoms in total. The van der Waals surface area contributed by atoms with Crippen molar-refractivity contribution in [1.29, 1.82) is 0 Å². The van der Waals surface area contributed by atoms with Crippen molar-refractivity contribution < 1.29 is 9.59 Å². The predicted octanol–water partition coefficient (Wildman–Crippen LogP) is 5.09. The van der Waals surface area contributed by atoms with Gasteiger partial charge in [0.05, 0.1) is 4.21 Å². The third-order valence-electron chi connectivity index (χ3n) is 5.52. The first-order valence-corrected chi connectivity index (χ1v) is 12.1. The van der Waals surface area contributed by atoms with Gasteiger partial charge in [-0.1, -0.05) is 0 Å². The van der Waals surface area contributed by atoms with E-state index in [2.05, 4.69) is 28.6 Å². The molecule has 7 heteroatoms. The maximum atomic E-state index is 13.5. The molecular weight excluding hydrogens is 414 g/mol. The van der Waals surface area contributed by atoms with Crippen molar-refractivity contribution in [2.24, 2.45) is 0 Å². The lowest BCUT2D eigenvalue weighted by atomic mass is 9.75. The van der Waals surface area contributed by atoms with Gasteiger partial charge in [-0.3, -0.25) is 9.59 Å². The van der Waals surface area contributed by atoms with Crippen molar-refractivity contribution in [2.75, 3.05) is 11.6 Å². The van der Waals surface area contributed by atoms with Crippen molar-refractivity contribution in [2.45, 2.75) is 50.2 Å². The van der Waals surface area contributed by atoms with Gasteiger partial charge in [0, 0.05) is 46.0 Å². The number of allylic oxidation sites excluding steroid dienone is 3. The number of Topliss-reactive ketones (excluding diaryl/α,β-unsaturated/α-hetero) is 1. The normalized spacial score (nSPS) is 18.9. The number of anilines is 1. The van der Waals surface area contributed by atoms with E-state index < -0.39 is 0 Å². The van der Waals surface area contributed by atoms with E-state index in [1.807, 2.05) is 32.2 Å². The summed E-state index contributed by atoms with van der Waals surface area (Å²) in [6.45, 7) is 5.95. The third-order valence-corrected chi connectivity index (χ3v) is 7.74. The first kappa shape index (κ1) is 20.9. The molecule has 156 valence electrons. The van der Waals surface area contributed by atoms with Crippen molar-refractivity contribution >= 4 is 40.6 Å². The van der Waals surface area contributed by atoms with Gasteiger partial charge >= 0.3 is 0 Å². The number of aryl methyl sites for hydroxylation is 2. The maximum Gasteiger partial charge on any atom is 0.255 e. The molecule has 4 rings (SSSR count). The summed E-state index contributed by atoms with van der Waals surface area (Å²) in [6.07, 6.45) is 5.93. The molecule has 2 N–H and O–H groups in total. The van der Waals surface area contributed by atoms with E-state index in [1.165, 1.54) is 4.88 Å². The Labute approximate surface area is 185 Å². The lowest BCUT2D eigenvalue weighted by Gasteiger charge is -2.34. The number of ketones is 1. The van der Waals surface area contributed by atoms with Crippen LogP contribution >= 0.6 is 23.1 Å². The number of hydrogen-bond acceptors (Lipinski definition) is 6. The molecule has 0 saturated carbocycles. The van der Waals surface area contributed by atoms with Crippen LogP contribution in [-0.4, -0.2) is 22.9 Å². The molecule has 0 radical (unpaired) electrons. The summed E-state index contributed by atoms with van der Waals surface area (Å²) >= 11 is 3.38. The Kier molecular flexibility index (Phi) is 5.84. The molecule has 1 aliphatic carbocycles. The fraction of sp³-hybridized carbons (Fsp3) is 0.348. The summed E-state index contributed by atoms with van der Waals surface area (Å²) in [7, 11) is 0. The van der Waals surface area contributed by atoms with Gasteiger partial charge in [-0.25, -0.2) is 4.98 Å². The molecule has 1 unspecified atom stereocenters. The van der Waals surface area contributed by atoms with Gasteiger partial charge in [0.1, 0.15) is 5.82 Å². The largest absolute Gasteiger partial charge is 0.362 e. The lowest BCUT2D eigenvalue weighted by Crippen LogP contribution is -2.35. The summed E-state index contributed by atoms with van der Waals surface area (Å²) < 4.78 is 1.15. The molecule has 1 aliphatic heterocycles. The van der Waals surface area contributed by atoms with Crippen molar-refractivity contribution in [3.63, 3.8) is 0 Å². The highest BCUT2D eigenvalue weighted by Gasteiger charge is 2.40. The van der Waals surface area contributed by atoms with Crippen LogP contribution in [0, 0.1) is 13.8 Å². The van der Waals surface area contributed by atoms with Crippen molar-refractivity contribution in [3.8, 4) is 0 Å². The van der Waals surface area contributed by atoms with E-state index in [0.717, 1.165) is 45.1 Å². The molecule has 0 aromatic carbocycles. The molecule has 1 amide bonds. The van der Waals surface area contributed by atoms with Gasteiger partial charge in [-0.05, 0) is 69.2 Å². The minimum absolute atomic E-state index is 0.135. The topological polar surface area (TPSA) is 71.1 Å². The Hall–Kier alpha value is -2.38. The molecule has 0 spiro atoms. The number of carbonyl (C=O) groups excluding carboxylic acids is 2. The highest BCUT2D eigenvalue weighted by molar-refractivity contribution is 8.00. The van der Waals surface area contributed by atoms with E-state index in [4.69, 9.17) is 0 Å². The summed E-state index contributed by atoms with van der Waals surface area (Å²) in [6, 6.07) is 5.86. The van der Waals surface area contributed by atoms with Gasteiger partial charge in [0.15, 0.2) is 5.78 Å². The Morgan fingerprint density at radius 3 is 2.80 bits per heavy atom. The average Bonchev–Trinajstić information content (AvgIpc) is 3.07. The number of aromatic nitrogens is 1. The quantitative estimate of drug-likeness (QED) is 0.650. The molecule has 2 aliphatic rings. The van der Waals surface area contributed by atoms with Crippen LogP contribution in [0.3, 0.4) is 0 Å². The zero-order chi connectivity index (χ0) is 21.4. The first-order chi connectivity index (χ1) is 14.4. The standard InChI is InChI=1S/C23H25N3O2S2/c1-12-8-9-24-18(10-12)26-22(28)19-14(3)25-16-6-5-7-17(27)21(16)20(19)15-11-13(2)30-23(15)29-4/h8-11,20,25H,5-7H2,1-4H3,(H,24,26,28). The SMILES string of the molecule is CSc1sc(C)cc1C1C(C(=O)Nc2cc(C)ccn2)=C(C)NC2=C1C(=O)CCC2. The molecule has 0 saturated heterocycles. The molecule has 3 heterocycles. The lowest BCUT2D eigenvalue weighted by molar-refractivity contribution is -0.116. The van der Waals surface area contributed by atoms with Crippen LogP contribution in [0.1, 0.15) is 48.1 Å². The highest BCUT2D eigenvalue weighted by atomic mass is 32.2. The highest BCUT2D eigenvalue weighted by Crippen LogP contribution is 2.47. The van der Waals surface area contributed by atoms with E-state index in [-0.39, 0.29) is 17.6 Å². The van der Waals surface area contributed by atoms with Crippen LogP contribution in [0.15, 0.2) is 51.1 Å². The smallest absolute Gasteiger partial charge is 0.255 e. The Balaban J connectivity index is 1.82. The Bertz CT molecular complexity index is 1100.